The fraction of sp³-hybridized carbons (Fsp3) is 0.200. The minimum Gasteiger partial charge on any atom is -0.485 e. The molecule has 2 aromatic rings. The van der Waals surface area contributed by atoms with Crippen molar-refractivity contribution in [3.8, 4) is 5.75 Å². The van der Waals surface area contributed by atoms with Gasteiger partial charge in [0.05, 0.1) is 6.10 Å². The first-order valence-corrected chi connectivity index (χ1v) is 6.79. The van der Waals surface area contributed by atoms with E-state index in [4.69, 9.17) is 27.9 Å². The number of benzene rings is 2. The van der Waals surface area contributed by atoms with E-state index in [9.17, 15) is 5.11 Å². The second-order valence-electron chi connectivity index (χ2n) is 4.60. The van der Waals surface area contributed by atoms with Crippen molar-refractivity contribution >= 4 is 23.2 Å². The Bertz CT molecular complexity index is 613. The SMILES string of the molecule is O[C@@H]1CC(c2cccc(Cl)c2)Oc2ccc(Cl)cc21. The zero-order chi connectivity index (χ0) is 13.4. The van der Waals surface area contributed by atoms with Crippen molar-refractivity contribution in [2.24, 2.45) is 0 Å². The molecule has 2 atom stereocenters. The predicted octanol–water partition coefficient (Wildman–Crippen LogP) is 4.55. The summed E-state index contributed by atoms with van der Waals surface area (Å²) in [5.74, 6) is 0.674. The number of aliphatic hydroxyl groups excluding tert-OH is 1. The van der Waals surface area contributed by atoms with E-state index in [1.54, 1.807) is 18.2 Å². The molecule has 0 spiro atoms. The predicted molar refractivity (Wildman–Crippen MR) is 75.8 cm³/mol. The van der Waals surface area contributed by atoms with Crippen LogP contribution < -0.4 is 4.74 Å². The highest BCUT2D eigenvalue weighted by Crippen LogP contribution is 2.41. The van der Waals surface area contributed by atoms with Crippen molar-refractivity contribution in [3.63, 3.8) is 0 Å². The van der Waals surface area contributed by atoms with Gasteiger partial charge in [-0.05, 0) is 35.9 Å². The summed E-state index contributed by atoms with van der Waals surface area (Å²) in [4.78, 5) is 0. The monoisotopic (exact) mass is 294 g/mol. The maximum Gasteiger partial charge on any atom is 0.127 e. The molecule has 1 heterocycles. The molecule has 0 aliphatic carbocycles. The van der Waals surface area contributed by atoms with Crippen LogP contribution in [0, 0.1) is 0 Å². The molecule has 19 heavy (non-hydrogen) atoms. The van der Waals surface area contributed by atoms with Gasteiger partial charge in [0.15, 0.2) is 0 Å². The number of hydrogen-bond acceptors (Lipinski definition) is 2. The second-order valence-corrected chi connectivity index (χ2v) is 5.47. The lowest BCUT2D eigenvalue weighted by molar-refractivity contribution is 0.0657. The van der Waals surface area contributed by atoms with Crippen LogP contribution >= 0.6 is 23.2 Å². The van der Waals surface area contributed by atoms with Gasteiger partial charge in [0.25, 0.3) is 0 Å². The molecule has 0 radical (unpaired) electrons. The fourth-order valence-corrected chi connectivity index (χ4v) is 2.71. The summed E-state index contributed by atoms with van der Waals surface area (Å²) >= 11 is 11.9. The van der Waals surface area contributed by atoms with Crippen LogP contribution in [0.25, 0.3) is 0 Å². The number of ether oxygens (including phenoxy) is 1. The number of fused-ring (bicyclic) bond motifs is 1. The Morgan fingerprint density at radius 3 is 2.63 bits per heavy atom. The standard InChI is InChI=1S/C15H12Cl2O2/c16-10-3-1-2-9(6-10)15-8-13(18)12-7-11(17)4-5-14(12)19-15/h1-7,13,15,18H,8H2/t13-,15?/m1/s1. The van der Waals surface area contributed by atoms with Gasteiger partial charge < -0.3 is 9.84 Å². The van der Waals surface area contributed by atoms with E-state index in [1.807, 2.05) is 24.3 Å². The molecule has 0 bridgehead atoms. The molecule has 1 aliphatic heterocycles. The summed E-state index contributed by atoms with van der Waals surface area (Å²) in [5, 5.41) is 11.5. The van der Waals surface area contributed by atoms with E-state index in [2.05, 4.69) is 0 Å². The molecule has 2 nitrogen and oxygen atoms in total. The van der Waals surface area contributed by atoms with Gasteiger partial charge in [-0.25, -0.2) is 0 Å². The molecule has 0 saturated heterocycles. The van der Waals surface area contributed by atoms with Crippen molar-refractivity contribution < 1.29 is 9.84 Å². The van der Waals surface area contributed by atoms with Gasteiger partial charge in [-0.2, -0.15) is 0 Å². The number of hydrogen-bond donors (Lipinski definition) is 1. The lowest BCUT2D eigenvalue weighted by Crippen LogP contribution is -2.19. The van der Waals surface area contributed by atoms with Gasteiger partial charge in [0, 0.05) is 22.0 Å². The highest BCUT2D eigenvalue weighted by Gasteiger charge is 2.28. The van der Waals surface area contributed by atoms with Crippen LogP contribution in [0.2, 0.25) is 10.0 Å². The number of aliphatic hydroxyl groups is 1. The Morgan fingerprint density at radius 2 is 1.84 bits per heavy atom. The zero-order valence-electron chi connectivity index (χ0n) is 10.0. The molecule has 2 aromatic carbocycles. The Kier molecular flexibility index (Phi) is 3.40. The van der Waals surface area contributed by atoms with Crippen LogP contribution in [0.1, 0.15) is 29.8 Å². The number of rotatable bonds is 1. The summed E-state index contributed by atoms with van der Waals surface area (Å²) < 4.78 is 5.92. The molecule has 0 fully saturated rings. The average Bonchev–Trinajstić information content (AvgIpc) is 2.39. The van der Waals surface area contributed by atoms with Crippen LogP contribution in [0.5, 0.6) is 5.75 Å². The molecule has 1 unspecified atom stereocenters. The third kappa shape index (κ3) is 2.57. The first-order chi connectivity index (χ1) is 9.13. The zero-order valence-corrected chi connectivity index (χ0v) is 11.5. The second kappa shape index (κ2) is 5.04. The summed E-state index contributed by atoms with van der Waals surface area (Å²) in [6.45, 7) is 0. The van der Waals surface area contributed by atoms with Crippen LogP contribution in [-0.2, 0) is 0 Å². The first kappa shape index (κ1) is 12.8. The fourth-order valence-electron chi connectivity index (χ4n) is 2.33. The van der Waals surface area contributed by atoms with Gasteiger partial charge in [0.1, 0.15) is 11.9 Å². The maximum absolute atomic E-state index is 10.2. The molecular weight excluding hydrogens is 283 g/mol. The molecule has 0 amide bonds. The summed E-state index contributed by atoms with van der Waals surface area (Å²) in [7, 11) is 0. The van der Waals surface area contributed by atoms with Crippen molar-refractivity contribution in [1.82, 2.24) is 0 Å². The molecule has 98 valence electrons. The van der Waals surface area contributed by atoms with Crippen molar-refractivity contribution in [2.75, 3.05) is 0 Å². The van der Waals surface area contributed by atoms with Gasteiger partial charge in [-0.1, -0.05) is 35.3 Å². The summed E-state index contributed by atoms with van der Waals surface area (Å²) in [6, 6.07) is 12.8. The quantitative estimate of drug-likeness (QED) is 0.836. The van der Waals surface area contributed by atoms with Gasteiger partial charge in [-0.3, -0.25) is 0 Å². The van der Waals surface area contributed by atoms with Crippen molar-refractivity contribution in [1.29, 1.82) is 0 Å². The molecule has 0 aromatic heterocycles. The minimum atomic E-state index is -0.577. The van der Waals surface area contributed by atoms with E-state index >= 15 is 0 Å². The molecule has 3 rings (SSSR count). The Morgan fingerprint density at radius 1 is 1.05 bits per heavy atom. The van der Waals surface area contributed by atoms with Crippen LogP contribution in [0.3, 0.4) is 0 Å². The summed E-state index contributed by atoms with van der Waals surface area (Å²) in [6.07, 6.45) is -0.276. The van der Waals surface area contributed by atoms with Crippen LogP contribution in [0.15, 0.2) is 42.5 Å². The van der Waals surface area contributed by atoms with Crippen molar-refractivity contribution in [3.05, 3.63) is 63.6 Å². The highest BCUT2D eigenvalue weighted by atomic mass is 35.5. The lowest BCUT2D eigenvalue weighted by Gasteiger charge is -2.30. The smallest absolute Gasteiger partial charge is 0.127 e. The van der Waals surface area contributed by atoms with E-state index in [0.717, 1.165) is 11.1 Å². The average molecular weight is 295 g/mol. The van der Waals surface area contributed by atoms with E-state index in [-0.39, 0.29) is 6.10 Å². The topological polar surface area (TPSA) is 29.5 Å². The van der Waals surface area contributed by atoms with E-state index in [0.29, 0.717) is 22.2 Å². The Labute approximate surface area is 121 Å². The highest BCUT2D eigenvalue weighted by molar-refractivity contribution is 6.31. The van der Waals surface area contributed by atoms with Crippen LogP contribution in [0.4, 0.5) is 0 Å². The number of halogens is 2. The maximum atomic E-state index is 10.2. The first-order valence-electron chi connectivity index (χ1n) is 6.03. The van der Waals surface area contributed by atoms with Crippen molar-refractivity contribution in [2.45, 2.75) is 18.6 Å². The molecule has 4 heteroatoms. The van der Waals surface area contributed by atoms with Crippen LogP contribution in [-0.4, -0.2) is 5.11 Å². The molecule has 0 saturated carbocycles. The minimum absolute atomic E-state index is 0.192. The largest absolute Gasteiger partial charge is 0.485 e. The molecule has 1 N–H and O–H groups in total. The normalized spacial score (nSPS) is 21.6. The van der Waals surface area contributed by atoms with E-state index in [1.165, 1.54) is 0 Å². The van der Waals surface area contributed by atoms with Gasteiger partial charge >= 0.3 is 0 Å². The van der Waals surface area contributed by atoms with Gasteiger partial charge in [-0.15, -0.1) is 0 Å². The molecule has 1 aliphatic rings. The van der Waals surface area contributed by atoms with Gasteiger partial charge in [0.2, 0.25) is 0 Å². The third-order valence-electron chi connectivity index (χ3n) is 3.26. The lowest BCUT2D eigenvalue weighted by atomic mass is 9.95. The third-order valence-corrected chi connectivity index (χ3v) is 3.73. The Hall–Kier alpha value is -1.22. The Balaban J connectivity index is 1.95. The summed E-state index contributed by atoms with van der Waals surface area (Å²) in [5.41, 5.74) is 1.71. The van der Waals surface area contributed by atoms with E-state index < -0.39 is 6.10 Å². The molecular formula is C15H12Cl2O2.